The van der Waals surface area contributed by atoms with E-state index in [1.807, 2.05) is 27.3 Å². The van der Waals surface area contributed by atoms with Crippen LogP contribution in [0.5, 0.6) is 0 Å². The van der Waals surface area contributed by atoms with E-state index in [1.165, 1.54) is 12.1 Å². The Morgan fingerprint density at radius 1 is 0.968 bits per heavy atom. The lowest BCUT2D eigenvalue weighted by Crippen LogP contribution is -2.15. The molecule has 0 saturated heterocycles. The Morgan fingerprint density at radius 3 is 2.19 bits per heavy atom. The number of nitrogens with one attached hydrogen (secondary N) is 2. The zero-order valence-corrected chi connectivity index (χ0v) is 18.2. The Labute approximate surface area is 185 Å². The fourth-order valence-electron chi connectivity index (χ4n) is 2.56. The maximum absolute atomic E-state index is 14.4. The molecule has 5 nitrogen and oxygen atoms in total. The zero-order chi connectivity index (χ0) is 23.1. The summed E-state index contributed by atoms with van der Waals surface area (Å²) < 4.78 is 113. The lowest BCUT2D eigenvalue weighted by atomic mass is 10.2. The minimum Gasteiger partial charge on any atom is -0.455 e. The first-order chi connectivity index (χ1) is 14.3. The molecule has 0 unspecified atom stereocenters. The highest BCUT2D eigenvalue weighted by Gasteiger charge is 2.38. The molecule has 3 rings (SSSR count). The van der Waals surface area contributed by atoms with E-state index in [1.54, 1.807) is 0 Å². The van der Waals surface area contributed by atoms with Gasteiger partial charge in [0.05, 0.1) is 11.4 Å². The lowest BCUT2D eigenvalue weighted by Gasteiger charge is -2.16. The Hall–Kier alpha value is -2.42. The largest absolute Gasteiger partial charge is 0.455 e. The summed E-state index contributed by atoms with van der Waals surface area (Å²) in [6.45, 7) is 0.995. The van der Waals surface area contributed by atoms with Gasteiger partial charge < -0.3 is 9.73 Å². The molecule has 0 fully saturated rings. The highest BCUT2D eigenvalue weighted by molar-refractivity contribution is 14.1. The van der Waals surface area contributed by atoms with Crippen molar-refractivity contribution in [1.82, 2.24) is 0 Å². The summed E-state index contributed by atoms with van der Waals surface area (Å²) >= 11 is 1.82. The van der Waals surface area contributed by atoms with Gasteiger partial charge in [0.25, 0.3) is 10.0 Å². The summed E-state index contributed by atoms with van der Waals surface area (Å²) in [5, 5.41) is 2.27. The van der Waals surface area contributed by atoms with Crippen molar-refractivity contribution in [3.05, 3.63) is 68.9 Å². The summed E-state index contributed by atoms with van der Waals surface area (Å²) in [4.78, 5) is -0.851. The van der Waals surface area contributed by atoms with Crippen LogP contribution in [0.25, 0.3) is 0 Å². The van der Waals surface area contributed by atoms with Gasteiger partial charge in [0.15, 0.2) is 11.6 Å². The monoisotopic (exact) mass is 576 g/mol. The average Bonchev–Trinajstić information content (AvgIpc) is 3.06. The molecule has 0 aliphatic heterocycles. The van der Waals surface area contributed by atoms with Crippen molar-refractivity contribution in [3.8, 4) is 0 Å². The molecule has 0 amide bonds. The second-order valence-electron chi connectivity index (χ2n) is 6.17. The molecular formula is C18H11F6IN2O3S. The minimum absolute atomic E-state index is 0.267. The number of benzene rings is 2. The fourth-order valence-corrected chi connectivity index (χ4v) is 4.26. The molecule has 0 aliphatic carbocycles. The van der Waals surface area contributed by atoms with Gasteiger partial charge in [-0.25, -0.2) is 21.6 Å². The van der Waals surface area contributed by atoms with E-state index in [0.717, 1.165) is 19.1 Å². The molecule has 0 spiro atoms. The molecule has 2 aromatic carbocycles. The van der Waals surface area contributed by atoms with Gasteiger partial charge in [0.1, 0.15) is 22.2 Å². The van der Waals surface area contributed by atoms with Gasteiger partial charge in [-0.15, -0.1) is 0 Å². The maximum atomic E-state index is 14.4. The van der Waals surface area contributed by atoms with Gasteiger partial charge in [0.2, 0.25) is 5.76 Å². The Balaban J connectivity index is 2.04. The summed E-state index contributed by atoms with van der Waals surface area (Å²) in [5.74, 6) is -5.84. The number of anilines is 3. The van der Waals surface area contributed by atoms with Crippen LogP contribution in [0, 0.1) is 27.9 Å². The summed E-state index contributed by atoms with van der Waals surface area (Å²) in [6.07, 6.45) is -4.93. The first-order valence-electron chi connectivity index (χ1n) is 8.20. The molecule has 13 heteroatoms. The number of hydrogen-bond acceptors (Lipinski definition) is 4. The zero-order valence-electron chi connectivity index (χ0n) is 15.2. The number of hydrogen-bond donors (Lipinski definition) is 2. The smallest absolute Gasteiger partial charge is 0.449 e. The first kappa shape index (κ1) is 23.2. The highest BCUT2D eigenvalue weighted by Crippen LogP contribution is 2.36. The second kappa shape index (κ2) is 8.26. The van der Waals surface area contributed by atoms with E-state index >= 15 is 0 Å². The van der Waals surface area contributed by atoms with Crippen LogP contribution in [0.15, 0.2) is 45.7 Å². The molecule has 166 valence electrons. The highest BCUT2D eigenvalue weighted by atomic mass is 127. The van der Waals surface area contributed by atoms with Crippen LogP contribution in [-0.2, 0) is 16.2 Å². The van der Waals surface area contributed by atoms with Crippen molar-refractivity contribution in [1.29, 1.82) is 0 Å². The Bertz CT molecular complexity index is 1260. The second-order valence-corrected chi connectivity index (χ2v) is 9.06. The molecule has 3 aromatic rings. The van der Waals surface area contributed by atoms with E-state index in [2.05, 4.69) is 9.73 Å². The van der Waals surface area contributed by atoms with Gasteiger partial charge in [-0.05, 0) is 59.8 Å². The molecular weight excluding hydrogens is 565 g/mol. The van der Waals surface area contributed by atoms with E-state index in [-0.39, 0.29) is 11.8 Å². The van der Waals surface area contributed by atoms with Gasteiger partial charge in [-0.2, -0.15) is 13.2 Å². The van der Waals surface area contributed by atoms with Crippen molar-refractivity contribution in [2.75, 3.05) is 10.0 Å². The van der Waals surface area contributed by atoms with Crippen LogP contribution in [0.4, 0.5) is 43.4 Å². The number of halogens is 7. The van der Waals surface area contributed by atoms with Crippen LogP contribution >= 0.6 is 22.6 Å². The quantitative estimate of drug-likeness (QED) is 0.282. The third kappa shape index (κ3) is 4.92. The van der Waals surface area contributed by atoms with Gasteiger partial charge in [0, 0.05) is 9.64 Å². The standard InChI is InChI=1S/C18H11F6IN2O3S/c1-8-14(7-15(30-8)18(22,23)24)31(28,29)27-13-5-3-10(19)16(21)17(13)26-12-4-2-9(25)6-11(12)20/h2-7,26-27H,1H3. The van der Waals surface area contributed by atoms with Gasteiger partial charge in [-0.3, -0.25) is 4.72 Å². The van der Waals surface area contributed by atoms with Crippen molar-refractivity contribution in [3.63, 3.8) is 0 Å². The predicted octanol–water partition coefficient (Wildman–Crippen LogP) is 6.17. The van der Waals surface area contributed by atoms with Crippen molar-refractivity contribution in [2.24, 2.45) is 0 Å². The average molecular weight is 576 g/mol. The number of alkyl halides is 3. The molecule has 0 radical (unpaired) electrons. The van der Waals surface area contributed by atoms with Gasteiger partial charge in [-0.1, -0.05) is 0 Å². The molecule has 0 saturated carbocycles. The third-order valence-electron chi connectivity index (χ3n) is 3.97. The topological polar surface area (TPSA) is 71.3 Å². The van der Waals surface area contributed by atoms with Crippen LogP contribution in [-0.4, -0.2) is 8.42 Å². The molecule has 1 aromatic heterocycles. The van der Waals surface area contributed by atoms with Crippen LogP contribution in [0.3, 0.4) is 0 Å². The molecule has 0 aliphatic rings. The van der Waals surface area contributed by atoms with Crippen molar-refractivity contribution in [2.45, 2.75) is 18.0 Å². The number of furan rings is 1. The summed E-state index contributed by atoms with van der Waals surface area (Å²) in [6, 6.07) is 5.48. The van der Waals surface area contributed by atoms with E-state index in [0.29, 0.717) is 9.64 Å². The minimum atomic E-state index is -4.93. The Kier molecular flexibility index (Phi) is 6.19. The van der Waals surface area contributed by atoms with E-state index < -0.39 is 61.4 Å². The molecule has 0 bridgehead atoms. The van der Waals surface area contributed by atoms with Crippen LogP contribution in [0.2, 0.25) is 0 Å². The summed E-state index contributed by atoms with van der Waals surface area (Å²) in [5.41, 5.74) is -1.61. The normalized spacial score (nSPS) is 12.1. The van der Waals surface area contributed by atoms with Crippen molar-refractivity contribution < 1.29 is 39.2 Å². The molecule has 1 heterocycles. The molecule has 0 atom stereocenters. The number of rotatable bonds is 5. The van der Waals surface area contributed by atoms with E-state index in [4.69, 9.17) is 0 Å². The maximum Gasteiger partial charge on any atom is 0.449 e. The molecule has 31 heavy (non-hydrogen) atoms. The fraction of sp³-hybridized carbons (Fsp3) is 0.111. The third-order valence-corrected chi connectivity index (χ3v) is 6.12. The number of sulfonamides is 1. The predicted molar refractivity (Wildman–Crippen MR) is 108 cm³/mol. The summed E-state index contributed by atoms with van der Waals surface area (Å²) in [7, 11) is -4.71. The first-order valence-corrected chi connectivity index (χ1v) is 10.8. The molecule has 2 N–H and O–H groups in total. The van der Waals surface area contributed by atoms with Crippen molar-refractivity contribution >= 4 is 49.7 Å². The Morgan fingerprint density at radius 2 is 1.61 bits per heavy atom. The van der Waals surface area contributed by atoms with Gasteiger partial charge >= 0.3 is 6.18 Å². The van der Waals surface area contributed by atoms with E-state index in [9.17, 15) is 34.8 Å². The number of aryl methyl sites for hydroxylation is 1. The lowest BCUT2D eigenvalue weighted by molar-refractivity contribution is -0.153. The van der Waals surface area contributed by atoms with Crippen LogP contribution < -0.4 is 10.0 Å². The van der Waals surface area contributed by atoms with Crippen LogP contribution in [0.1, 0.15) is 11.5 Å². The SMILES string of the molecule is Cc1oc(C(F)(F)F)cc1S(=O)(=O)Nc1ccc(F)c(F)c1Nc1ccc(I)cc1F.